The third-order valence-electron chi connectivity index (χ3n) is 6.05. The minimum atomic E-state index is -0.409. The number of anilines is 2. The molecule has 9 nitrogen and oxygen atoms in total. The van der Waals surface area contributed by atoms with Crippen LogP contribution in [0.2, 0.25) is 5.02 Å². The lowest BCUT2D eigenvalue weighted by Crippen LogP contribution is -2.54. The van der Waals surface area contributed by atoms with Gasteiger partial charge in [-0.1, -0.05) is 11.6 Å². The Hall–Kier alpha value is -3.27. The van der Waals surface area contributed by atoms with Crippen LogP contribution in [0.25, 0.3) is 0 Å². The number of β-amino-alcohol motifs (C(OH)–C–C–N with tert-alkyl or cyclic N) is 1. The van der Waals surface area contributed by atoms with Crippen LogP contribution >= 0.6 is 11.6 Å². The first-order valence-electron chi connectivity index (χ1n) is 11.1. The molecular formula is C24H26ClN5O4. The van der Waals surface area contributed by atoms with Gasteiger partial charge in [-0.25, -0.2) is 14.8 Å². The maximum Gasteiger partial charge on any atom is 0.351 e. The molecule has 10 heteroatoms. The quantitative estimate of drug-likeness (QED) is 0.650. The Morgan fingerprint density at radius 2 is 1.94 bits per heavy atom. The molecule has 0 bridgehead atoms. The van der Waals surface area contributed by atoms with Crippen molar-refractivity contribution in [2.24, 2.45) is 4.99 Å². The van der Waals surface area contributed by atoms with Crippen molar-refractivity contribution in [3.63, 3.8) is 0 Å². The molecule has 2 amide bonds. The summed E-state index contributed by atoms with van der Waals surface area (Å²) in [6, 6.07) is 12.4. The van der Waals surface area contributed by atoms with Crippen LogP contribution in [0.5, 0.6) is 11.5 Å². The highest BCUT2D eigenvalue weighted by Crippen LogP contribution is 2.35. The minimum Gasteiger partial charge on any atom is -0.493 e. The number of nitrogens with zero attached hydrogens (tertiary/aromatic N) is 5. The number of ether oxygens (including phenoxy) is 2. The van der Waals surface area contributed by atoms with Gasteiger partial charge in [-0.15, -0.1) is 0 Å². The highest BCUT2D eigenvalue weighted by molar-refractivity contribution is 6.30. The summed E-state index contributed by atoms with van der Waals surface area (Å²) in [6.45, 7) is 2.75. The number of hydrazine groups is 1. The van der Waals surface area contributed by atoms with E-state index in [0.717, 1.165) is 25.2 Å². The van der Waals surface area contributed by atoms with Gasteiger partial charge in [0.1, 0.15) is 12.9 Å². The summed E-state index contributed by atoms with van der Waals surface area (Å²) in [5.74, 6) is 1.12. The fourth-order valence-electron chi connectivity index (χ4n) is 4.26. The topological polar surface area (TPSA) is 81.1 Å². The molecule has 0 radical (unpaired) electrons. The predicted molar refractivity (Wildman–Crippen MR) is 131 cm³/mol. The first-order chi connectivity index (χ1) is 16.5. The number of likely N-dealkylation sites (tertiary alicyclic amines) is 1. The summed E-state index contributed by atoms with van der Waals surface area (Å²) >= 11 is 6.02. The number of carbonyl (C=O) groups is 1. The van der Waals surface area contributed by atoms with E-state index in [4.69, 9.17) is 21.1 Å². The Balaban J connectivity index is 1.30. The number of hydrogen-bond donors (Lipinski definition) is 1. The van der Waals surface area contributed by atoms with E-state index in [2.05, 4.69) is 9.89 Å². The molecule has 3 aliphatic heterocycles. The third kappa shape index (κ3) is 4.42. The molecular weight excluding hydrogens is 458 g/mol. The highest BCUT2D eigenvalue weighted by atomic mass is 35.5. The number of methoxy groups -OCH3 is 1. The van der Waals surface area contributed by atoms with E-state index in [-0.39, 0.29) is 12.1 Å². The summed E-state index contributed by atoms with van der Waals surface area (Å²) in [5, 5.41) is 13.6. The molecule has 2 atom stereocenters. The molecule has 1 saturated heterocycles. The molecule has 0 aromatic heterocycles. The van der Waals surface area contributed by atoms with Crippen molar-refractivity contribution in [2.75, 3.05) is 43.3 Å². The lowest BCUT2D eigenvalue weighted by molar-refractivity contribution is 0.166. The van der Waals surface area contributed by atoms with Crippen molar-refractivity contribution in [1.29, 1.82) is 0 Å². The van der Waals surface area contributed by atoms with Crippen molar-refractivity contribution < 1.29 is 19.4 Å². The van der Waals surface area contributed by atoms with Crippen molar-refractivity contribution in [3.8, 4) is 11.5 Å². The predicted octanol–water partition coefficient (Wildman–Crippen LogP) is 3.34. The highest BCUT2D eigenvalue weighted by Gasteiger charge is 2.38. The first kappa shape index (κ1) is 22.5. The molecule has 3 aliphatic rings. The van der Waals surface area contributed by atoms with Crippen LogP contribution in [0.3, 0.4) is 0 Å². The van der Waals surface area contributed by atoms with E-state index in [1.54, 1.807) is 47.5 Å². The standard InChI is InChI=1S/C24H26ClN5O4/c1-33-22-14-19(6-7-21(22)34-13-12-27-10-8-20(31)15-27)28-16-26-23-9-11-29(30(23)24(28)32)18-4-2-17(25)3-5-18/h2-7,9,11,14,16,20,23,31H,8,10,12-13,15H2,1H3. The fraction of sp³-hybridized carbons (Fsp3) is 0.333. The van der Waals surface area contributed by atoms with Gasteiger partial charge in [0.05, 0.1) is 24.6 Å². The van der Waals surface area contributed by atoms with E-state index in [9.17, 15) is 9.90 Å². The van der Waals surface area contributed by atoms with Crippen molar-refractivity contribution in [3.05, 3.63) is 59.8 Å². The van der Waals surface area contributed by atoms with Crippen LogP contribution < -0.4 is 19.4 Å². The number of aliphatic hydroxyl groups excluding tert-OH is 1. The molecule has 178 valence electrons. The van der Waals surface area contributed by atoms with E-state index >= 15 is 0 Å². The smallest absolute Gasteiger partial charge is 0.351 e. The lowest BCUT2D eigenvalue weighted by Gasteiger charge is -2.37. The largest absolute Gasteiger partial charge is 0.493 e. The van der Waals surface area contributed by atoms with Gasteiger partial charge in [0.25, 0.3) is 0 Å². The summed E-state index contributed by atoms with van der Waals surface area (Å²) in [6.07, 6.45) is 5.35. The molecule has 0 saturated carbocycles. The average molecular weight is 484 g/mol. The third-order valence-corrected chi connectivity index (χ3v) is 6.30. The van der Waals surface area contributed by atoms with Gasteiger partial charge in [-0.3, -0.25) is 14.8 Å². The normalized spacial score (nSPS) is 22.0. The number of fused-ring (bicyclic) bond motifs is 1. The zero-order valence-electron chi connectivity index (χ0n) is 18.7. The van der Waals surface area contributed by atoms with Crippen LogP contribution in [0.1, 0.15) is 6.42 Å². The minimum absolute atomic E-state index is 0.247. The van der Waals surface area contributed by atoms with Gasteiger partial charge >= 0.3 is 6.03 Å². The number of hydrogen-bond acceptors (Lipinski definition) is 7. The average Bonchev–Trinajstić information content (AvgIpc) is 3.47. The van der Waals surface area contributed by atoms with Gasteiger partial charge in [-0.05, 0) is 48.9 Å². The number of aliphatic hydroxyl groups is 1. The Bertz CT molecular complexity index is 1110. The van der Waals surface area contributed by atoms with Crippen LogP contribution in [0.4, 0.5) is 16.2 Å². The van der Waals surface area contributed by atoms with Gasteiger partial charge in [-0.2, -0.15) is 0 Å². The summed E-state index contributed by atoms with van der Waals surface area (Å²) in [4.78, 5) is 21.6. The molecule has 1 N–H and O–H groups in total. The van der Waals surface area contributed by atoms with Gasteiger partial charge in [0, 0.05) is 36.9 Å². The second-order valence-corrected chi connectivity index (χ2v) is 8.70. The molecule has 2 aromatic rings. The van der Waals surface area contributed by atoms with E-state index in [1.807, 2.05) is 24.4 Å². The zero-order chi connectivity index (χ0) is 23.7. The first-order valence-corrected chi connectivity index (χ1v) is 11.5. The molecule has 0 spiro atoms. The van der Waals surface area contributed by atoms with Gasteiger partial charge in [0.2, 0.25) is 0 Å². The molecule has 1 fully saturated rings. The fourth-order valence-corrected chi connectivity index (χ4v) is 4.38. The maximum absolute atomic E-state index is 13.4. The van der Waals surface area contributed by atoms with Crippen LogP contribution in [-0.2, 0) is 0 Å². The van der Waals surface area contributed by atoms with Crippen LogP contribution in [0, 0.1) is 0 Å². The number of benzene rings is 2. The monoisotopic (exact) mass is 483 g/mol. The van der Waals surface area contributed by atoms with E-state index in [0.29, 0.717) is 35.4 Å². The second-order valence-electron chi connectivity index (χ2n) is 8.26. The second kappa shape index (κ2) is 9.54. The molecule has 2 aromatic carbocycles. The summed E-state index contributed by atoms with van der Waals surface area (Å²) in [7, 11) is 1.57. The summed E-state index contributed by atoms with van der Waals surface area (Å²) in [5.41, 5.74) is 1.42. The van der Waals surface area contributed by atoms with E-state index < -0.39 is 6.17 Å². The SMILES string of the molecule is COc1cc(N2C=NC3C=CN(c4ccc(Cl)cc4)N3C2=O)ccc1OCCN1CCC(O)C1. The van der Waals surface area contributed by atoms with Crippen molar-refractivity contribution >= 4 is 35.3 Å². The molecule has 5 rings (SSSR count). The van der Waals surface area contributed by atoms with Crippen LogP contribution in [0.15, 0.2) is 59.7 Å². The number of amides is 2. The lowest BCUT2D eigenvalue weighted by atomic mass is 10.2. The summed E-state index contributed by atoms with van der Waals surface area (Å²) < 4.78 is 11.5. The van der Waals surface area contributed by atoms with Gasteiger partial charge < -0.3 is 14.6 Å². The molecule has 34 heavy (non-hydrogen) atoms. The maximum atomic E-state index is 13.4. The van der Waals surface area contributed by atoms with Crippen LogP contribution in [-0.4, -0.2) is 73.0 Å². The Labute approximate surface area is 203 Å². The molecule has 3 heterocycles. The number of rotatable bonds is 7. The molecule has 2 unspecified atom stereocenters. The van der Waals surface area contributed by atoms with E-state index in [1.165, 1.54) is 11.2 Å². The van der Waals surface area contributed by atoms with Gasteiger partial charge in [0.15, 0.2) is 17.7 Å². The number of aliphatic imine (C=N–C) groups is 1. The Morgan fingerprint density at radius 3 is 2.68 bits per heavy atom. The Kier molecular flexibility index (Phi) is 6.32. The zero-order valence-corrected chi connectivity index (χ0v) is 19.5. The molecule has 0 aliphatic carbocycles. The van der Waals surface area contributed by atoms with Crippen molar-refractivity contribution in [1.82, 2.24) is 9.91 Å². The number of halogens is 1. The number of carbonyl (C=O) groups excluding carboxylic acids is 1. The van der Waals surface area contributed by atoms with Crippen molar-refractivity contribution in [2.45, 2.75) is 18.7 Å². The number of urea groups is 1. The Morgan fingerprint density at radius 1 is 1.15 bits per heavy atom.